The Bertz CT molecular complexity index is 663. The first-order chi connectivity index (χ1) is 24.7. The van der Waals surface area contributed by atoms with E-state index < -0.39 is 0 Å². The molecule has 0 amide bonds. The number of hydrogen-bond donors (Lipinski definition) is 0. The van der Waals surface area contributed by atoms with Crippen LogP contribution in [0.5, 0.6) is 0 Å². The van der Waals surface area contributed by atoms with Crippen molar-refractivity contribution < 1.29 is 19.1 Å². The van der Waals surface area contributed by atoms with Crippen LogP contribution in [0, 0.1) is 0 Å². The second-order valence-electron chi connectivity index (χ2n) is 15.7. The molecule has 0 aromatic carbocycles. The number of hydrogen-bond acceptors (Lipinski definition) is 4. The van der Waals surface area contributed by atoms with Crippen LogP contribution in [0.1, 0.15) is 271 Å². The van der Waals surface area contributed by atoms with Crippen molar-refractivity contribution in [3.8, 4) is 0 Å². The van der Waals surface area contributed by atoms with Gasteiger partial charge in [0.05, 0.1) is 13.2 Å². The average Bonchev–Trinajstić information content (AvgIpc) is 3.12. The fourth-order valence-electron chi connectivity index (χ4n) is 7.06. The van der Waals surface area contributed by atoms with Crippen LogP contribution in [0.4, 0.5) is 0 Å². The van der Waals surface area contributed by atoms with Gasteiger partial charge in [-0.15, -0.1) is 0 Å². The van der Waals surface area contributed by atoms with Crippen LogP contribution in [-0.4, -0.2) is 25.2 Å². The topological polar surface area (TPSA) is 52.6 Å². The summed E-state index contributed by atoms with van der Waals surface area (Å²) < 4.78 is 10.8. The number of unbranched alkanes of at least 4 members (excludes halogenated alkanes) is 35. The Morgan fingerprint density at radius 3 is 0.640 bits per heavy atom. The summed E-state index contributed by atoms with van der Waals surface area (Å²) in [6.45, 7) is 5.66. The standard InChI is InChI=1S/C46H90O4/c1-3-5-7-9-11-13-15-17-19-21-22-23-24-26-28-30-32-34-36-40-44-50-46(48)42-38-37-41-45(47)49-43-39-35-33-31-29-27-25-20-18-16-14-12-10-8-6-4-2/h3-44H2,1-2H3. The Kier molecular flexibility index (Phi) is 43.2. The Balaban J connectivity index is 3.24. The van der Waals surface area contributed by atoms with E-state index in [-0.39, 0.29) is 11.9 Å². The summed E-state index contributed by atoms with van der Waals surface area (Å²) in [5.74, 6) is -0.243. The van der Waals surface area contributed by atoms with Crippen LogP contribution in [0.2, 0.25) is 0 Å². The van der Waals surface area contributed by atoms with Crippen molar-refractivity contribution in [2.75, 3.05) is 13.2 Å². The maximum absolute atomic E-state index is 12.0. The third-order valence-electron chi connectivity index (χ3n) is 10.5. The van der Waals surface area contributed by atoms with E-state index in [2.05, 4.69) is 13.8 Å². The van der Waals surface area contributed by atoms with Crippen LogP contribution in [-0.2, 0) is 19.1 Å². The molecule has 0 aliphatic carbocycles. The van der Waals surface area contributed by atoms with Gasteiger partial charge >= 0.3 is 11.9 Å². The van der Waals surface area contributed by atoms with Crippen molar-refractivity contribution in [2.45, 2.75) is 271 Å². The van der Waals surface area contributed by atoms with Gasteiger partial charge in [-0.1, -0.05) is 232 Å². The minimum Gasteiger partial charge on any atom is -0.466 e. The van der Waals surface area contributed by atoms with E-state index in [1.807, 2.05) is 0 Å². The number of rotatable bonds is 43. The lowest BCUT2D eigenvalue weighted by Crippen LogP contribution is -2.08. The van der Waals surface area contributed by atoms with E-state index in [1.54, 1.807) is 0 Å². The highest BCUT2D eigenvalue weighted by atomic mass is 16.5. The molecule has 0 heterocycles. The maximum Gasteiger partial charge on any atom is 0.305 e. The van der Waals surface area contributed by atoms with Gasteiger partial charge in [0.2, 0.25) is 0 Å². The minimum atomic E-state index is -0.122. The van der Waals surface area contributed by atoms with Gasteiger partial charge < -0.3 is 9.47 Å². The number of ether oxygens (including phenoxy) is 2. The molecule has 0 saturated heterocycles. The lowest BCUT2D eigenvalue weighted by atomic mass is 10.0. The van der Waals surface area contributed by atoms with Crippen molar-refractivity contribution in [3.05, 3.63) is 0 Å². The molecule has 0 atom stereocenters. The molecule has 0 spiro atoms. The fourth-order valence-corrected chi connectivity index (χ4v) is 7.06. The quantitative estimate of drug-likeness (QED) is 0.0468. The fraction of sp³-hybridized carbons (Fsp3) is 0.957. The lowest BCUT2D eigenvalue weighted by Gasteiger charge is -2.06. The molecule has 298 valence electrons. The highest BCUT2D eigenvalue weighted by Crippen LogP contribution is 2.16. The minimum absolute atomic E-state index is 0.121. The Hall–Kier alpha value is -1.06. The number of carbonyl (C=O) groups is 2. The highest BCUT2D eigenvalue weighted by Gasteiger charge is 2.06. The summed E-state index contributed by atoms with van der Waals surface area (Å²) in [4.78, 5) is 24.0. The highest BCUT2D eigenvalue weighted by molar-refractivity contribution is 5.70. The molecular formula is C46H90O4. The summed E-state index contributed by atoms with van der Waals surface area (Å²) in [5.41, 5.74) is 0. The Labute approximate surface area is 314 Å². The Morgan fingerprint density at radius 2 is 0.440 bits per heavy atom. The van der Waals surface area contributed by atoms with Gasteiger partial charge in [0.15, 0.2) is 0 Å². The molecule has 0 bridgehead atoms. The van der Waals surface area contributed by atoms with Gasteiger partial charge in [-0.3, -0.25) is 9.59 Å². The van der Waals surface area contributed by atoms with E-state index >= 15 is 0 Å². The summed E-state index contributed by atoms with van der Waals surface area (Å²) in [6.07, 6.45) is 51.2. The average molecular weight is 707 g/mol. The van der Waals surface area contributed by atoms with Gasteiger partial charge in [-0.25, -0.2) is 0 Å². The first-order valence-corrected chi connectivity index (χ1v) is 23.0. The van der Waals surface area contributed by atoms with Gasteiger partial charge in [0.25, 0.3) is 0 Å². The van der Waals surface area contributed by atoms with Crippen molar-refractivity contribution in [1.82, 2.24) is 0 Å². The zero-order valence-electron chi connectivity index (χ0n) is 34.3. The van der Waals surface area contributed by atoms with Gasteiger partial charge in [0, 0.05) is 12.8 Å². The monoisotopic (exact) mass is 707 g/mol. The molecule has 0 aromatic rings. The van der Waals surface area contributed by atoms with E-state index in [0.717, 1.165) is 25.7 Å². The molecule has 0 aliphatic rings. The lowest BCUT2D eigenvalue weighted by molar-refractivity contribution is -0.146. The van der Waals surface area contributed by atoms with Crippen molar-refractivity contribution in [3.63, 3.8) is 0 Å². The van der Waals surface area contributed by atoms with E-state index in [0.29, 0.717) is 38.9 Å². The van der Waals surface area contributed by atoms with E-state index in [9.17, 15) is 9.59 Å². The molecule has 0 saturated carbocycles. The van der Waals surface area contributed by atoms with Gasteiger partial charge in [0.1, 0.15) is 0 Å². The summed E-state index contributed by atoms with van der Waals surface area (Å²) in [6, 6.07) is 0. The second kappa shape index (κ2) is 44.1. The van der Waals surface area contributed by atoms with Gasteiger partial charge in [-0.2, -0.15) is 0 Å². The largest absolute Gasteiger partial charge is 0.466 e. The van der Waals surface area contributed by atoms with Gasteiger partial charge in [-0.05, 0) is 25.7 Å². The van der Waals surface area contributed by atoms with Crippen LogP contribution < -0.4 is 0 Å². The first kappa shape index (κ1) is 48.9. The first-order valence-electron chi connectivity index (χ1n) is 23.0. The number of carbonyl (C=O) groups excluding carboxylic acids is 2. The molecule has 0 fully saturated rings. The van der Waals surface area contributed by atoms with Crippen LogP contribution in [0.25, 0.3) is 0 Å². The molecule has 0 aliphatic heterocycles. The third-order valence-corrected chi connectivity index (χ3v) is 10.5. The molecule has 0 radical (unpaired) electrons. The molecule has 0 aromatic heterocycles. The van der Waals surface area contributed by atoms with Crippen molar-refractivity contribution in [2.24, 2.45) is 0 Å². The van der Waals surface area contributed by atoms with E-state index in [1.165, 1.54) is 205 Å². The molecule has 0 rings (SSSR count). The maximum atomic E-state index is 12.0. The zero-order chi connectivity index (χ0) is 36.3. The van der Waals surface area contributed by atoms with Crippen molar-refractivity contribution >= 4 is 11.9 Å². The summed E-state index contributed by atoms with van der Waals surface area (Å²) >= 11 is 0. The predicted octanol–water partition coefficient (Wildman–Crippen LogP) is 15.7. The third kappa shape index (κ3) is 43.1. The number of esters is 2. The zero-order valence-corrected chi connectivity index (χ0v) is 34.3. The normalized spacial score (nSPS) is 11.3. The Morgan fingerprint density at radius 1 is 0.260 bits per heavy atom. The smallest absolute Gasteiger partial charge is 0.305 e. The molecule has 0 unspecified atom stereocenters. The van der Waals surface area contributed by atoms with Crippen LogP contribution in [0.3, 0.4) is 0 Å². The molecule has 4 heteroatoms. The molecule has 50 heavy (non-hydrogen) atoms. The predicted molar refractivity (Wildman–Crippen MR) is 218 cm³/mol. The summed E-state index contributed by atoms with van der Waals surface area (Å²) in [7, 11) is 0. The SMILES string of the molecule is CCCCCCCCCCCCCCCCCCCCCCOC(=O)CCCCC(=O)OCCCCCCCCCCCCCCCCCC. The van der Waals surface area contributed by atoms with Crippen LogP contribution >= 0.6 is 0 Å². The molecule has 4 nitrogen and oxygen atoms in total. The van der Waals surface area contributed by atoms with E-state index in [4.69, 9.17) is 9.47 Å². The van der Waals surface area contributed by atoms with Crippen LogP contribution in [0.15, 0.2) is 0 Å². The molecule has 0 N–H and O–H groups in total. The summed E-state index contributed by atoms with van der Waals surface area (Å²) in [5, 5.41) is 0. The van der Waals surface area contributed by atoms with Crippen molar-refractivity contribution in [1.29, 1.82) is 0 Å². The second-order valence-corrected chi connectivity index (χ2v) is 15.7. The molecular weight excluding hydrogens is 617 g/mol.